The second-order valence-corrected chi connectivity index (χ2v) is 4.32. The van der Waals surface area contributed by atoms with Crippen molar-refractivity contribution >= 4 is 10.9 Å². The van der Waals surface area contributed by atoms with Crippen molar-refractivity contribution in [1.29, 1.82) is 0 Å². The maximum absolute atomic E-state index is 12.6. The number of alkyl halides is 3. The van der Waals surface area contributed by atoms with E-state index in [1.54, 1.807) is 0 Å². The minimum atomic E-state index is -4.41. The van der Waals surface area contributed by atoms with Crippen molar-refractivity contribution in [2.75, 3.05) is 0 Å². The normalized spacial score (nSPS) is 15.1. The van der Waals surface area contributed by atoms with E-state index < -0.39 is 11.7 Å². The molecule has 2 heterocycles. The molecule has 0 N–H and O–H groups in total. The van der Waals surface area contributed by atoms with Crippen LogP contribution < -0.4 is 5.56 Å². The number of nitrogens with zero attached hydrogens (tertiary/aromatic N) is 2. The zero-order valence-corrected chi connectivity index (χ0v) is 9.29. The van der Waals surface area contributed by atoms with Gasteiger partial charge in [-0.2, -0.15) is 13.2 Å². The lowest BCUT2D eigenvalue weighted by Crippen LogP contribution is -2.21. The van der Waals surface area contributed by atoms with E-state index in [-0.39, 0.29) is 16.5 Å². The standard InChI is InChI=1S/C12H9F3N2O/c13-12(14,15)7-3-4-8-9(6-7)16-10-2-1-5-17(10)11(8)18/h3-4,6H,1-2,5H2. The predicted octanol–water partition coefficient (Wildman–Crippen LogP) is 2.36. The molecule has 3 nitrogen and oxygen atoms in total. The van der Waals surface area contributed by atoms with Crippen LogP contribution in [0.3, 0.4) is 0 Å². The lowest BCUT2D eigenvalue weighted by molar-refractivity contribution is -0.137. The number of fused-ring (bicyclic) bond motifs is 2. The summed E-state index contributed by atoms with van der Waals surface area (Å²) in [6.45, 7) is 0.595. The molecule has 1 aromatic carbocycles. The minimum Gasteiger partial charge on any atom is -0.296 e. The van der Waals surface area contributed by atoms with Gasteiger partial charge in [0.1, 0.15) is 5.82 Å². The van der Waals surface area contributed by atoms with Crippen LogP contribution in [0.15, 0.2) is 23.0 Å². The van der Waals surface area contributed by atoms with Crippen LogP contribution in [0.5, 0.6) is 0 Å². The number of benzene rings is 1. The predicted molar refractivity (Wildman–Crippen MR) is 59.3 cm³/mol. The number of halogens is 3. The molecule has 1 aromatic heterocycles. The van der Waals surface area contributed by atoms with Crippen molar-refractivity contribution in [3.8, 4) is 0 Å². The van der Waals surface area contributed by atoms with Gasteiger partial charge in [0, 0.05) is 13.0 Å². The number of hydrogen-bond acceptors (Lipinski definition) is 2. The highest BCUT2D eigenvalue weighted by Crippen LogP contribution is 2.30. The first kappa shape index (κ1) is 11.3. The van der Waals surface area contributed by atoms with Crippen molar-refractivity contribution < 1.29 is 13.2 Å². The van der Waals surface area contributed by atoms with Crippen LogP contribution in [0.1, 0.15) is 17.8 Å². The molecule has 0 saturated carbocycles. The fraction of sp³-hybridized carbons (Fsp3) is 0.333. The summed E-state index contributed by atoms with van der Waals surface area (Å²) in [6, 6.07) is 3.07. The molecule has 0 unspecified atom stereocenters. The number of aromatic nitrogens is 2. The van der Waals surface area contributed by atoms with E-state index >= 15 is 0 Å². The molecular weight excluding hydrogens is 245 g/mol. The van der Waals surface area contributed by atoms with Crippen molar-refractivity contribution in [3.63, 3.8) is 0 Å². The lowest BCUT2D eigenvalue weighted by atomic mass is 10.1. The van der Waals surface area contributed by atoms with Gasteiger partial charge in [0.05, 0.1) is 16.5 Å². The third-order valence-electron chi connectivity index (χ3n) is 3.14. The first-order valence-corrected chi connectivity index (χ1v) is 5.57. The molecule has 0 aliphatic carbocycles. The van der Waals surface area contributed by atoms with Crippen LogP contribution in [0.4, 0.5) is 13.2 Å². The number of aryl methyl sites for hydroxylation is 1. The molecular formula is C12H9F3N2O. The molecule has 94 valence electrons. The highest BCUT2D eigenvalue weighted by atomic mass is 19.4. The van der Waals surface area contributed by atoms with E-state index in [2.05, 4.69) is 4.98 Å². The number of rotatable bonds is 0. The van der Waals surface area contributed by atoms with Crippen molar-refractivity contribution in [3.05, 3.63) is 39.9 Å². The van der Waals surface area contributed by atoms with Crippen molar-refractivity contribution in [2.45, 2.75) is 25.6 Å². The summed E-state index contributed by atoms with van der Waals surface area (Å²) in [7, 11) is 0. The summed E-state index contributed by atoms with van der Waals surface area (Å²) >= 11 is 0. The summed E-state index contributed by atoms with van der Waals surface area (Å²) < 4.78 is 39.3. The van der Waals surface area contributed by atoms with E-state index in [0.29, 0.717) is 18.8 Å². The van der Waals surface area contributed by atoms with Crippen LogP contribution in [0.25, 0.3) is 10.9 Å². The van der Waals surface area contributed by atoms with E-state index in [1.807, 2.05) is 0 Å². The molecule has 0 saturated heterocycles. The molecule has 1 aliphatic rings. The first-order chi connectivity index (χ1) is 8.47. The summed E-state index contributed by atoms with van der Waals surface area (Å²) in [5.41, 5.74) is -0.894. The largest absolute Gasteiger partial charge is 0.416 e. The Labute approximate surface area is 99.9 Å². The van der Waals surface area contributed by atoms with E-state index in [0.717, 1.165) is 18.6 Å². The Bertz CT molecular complexity index is 688. The molecule has 2 aromatic rings. The molecule has 0 spiro atoms. The smallest absolute Gasteiger partial charge is 0.296 e. The molecule has 18 heavy (non-hydrogen) atoms. The Morgan fingerprint density at radius 3 is 2.78 bits per heavy atom. The van der Waals surface area contributed by atoms with Gasteiger partial charge in [0.15, 0.2) is 0 Å². The molecule has 0 bridgehead atoms. The molecule has 3 rings (SSSR count). The SMILES string of the molecule is O=c1c2ccc(C(F)(F)F)cc2nc2n1CCC2. The summed E-state index contributed by atoms with van der Waals surface area (Å²) in [5.74, 6) is 0.576. The van der Waals surface area contributed by atoms with Gasteiger partial charge >= 0.3 is 6.18 Å². The lowest BCUT2D eigenvalue weighted by Gasteiger charge is -2.09. The van der Waals surface area contributed by atoms with E-state index in [1.165, 1.54) is 10.6 Å². The van der Waals surface area contributed by atoms with Gasteiger partial charge in [-0.1, -0.05) is 0 Å². The summed E-state index contributed by atoms with van der Waals surface area (Å²) in [4.78, 5) is 16.2. The number of hydrogen-bond donors (Lipinski definition) is 0. The van der Waals surface area contributed by atoms with Crippen LogP contribution in [-0.2, 0) is 19.1 Å². The highest BCUT2D eigenvalue weighted by molar-refractivity contribution is 5.78. The molecule has 0 fully saturated rings. The van der Waals surface area contributed by atoms with Crippen molar-refractivity contribution in [1.82, 2.24) is 9.55 Å². The molecule has 0 amide bonds. The summed E-state index contributed by atoms with van der Waals surface area (Å²) in [5, 5.41) is 0.244. The summed E-state index contributed by atoms with van der Waals surface area (Å²) in [6.07, 6.45) is -2.96. The fourth-order valence-corrected chi connectivity index (χ4v) is 2.26. The average Bonchev–Trinajstić information content (AvgIpc) is 2.75. The van der Waals surface area contributed by atoms with Crippen LogP contribution in [0.2, 0.25) is 0 Å². The van der Waals surface area contributed by atoms with Gasteiger partial charge < -0.3 is 0 Å². The average molecular weight is 254 g/mol. The third-order valence-corrected chi connectivity index (χ3v) is 3.14. The van der Waals surface area contributed by atoms with E-state index in [4.69, 9.17) is 0 Å². The van der Waals surface area contributed by atoms with Gasteiger partial charge in [-0.15, -0.1) is 0 Å². The Balaban J connectivity index is 2.31. The van der Waals surface area contributed by atoms with Crippen LogP contribution >= 0.6 is 0 Å². The zero-order chi connectivity index (χ0) is 12.9. The van der Waals surface area contributed by atoms with Gasteiger partial charge in [-0.05, 0) is 24.6 Å². The highest BCUT2D eigenvalue weighted by Gasteiger charge is 2.31. The van der Waals surface area contributed by atoms with Crippen LogP contribution in [-0.4, -0.2) is 9.55 Å². The van der Waals surface area contributed by atoms with Crippen molar-refractivity contribution in [2.24, 2.45) is 0 Å². The molecule has 6 heteroatoms. The Kier molecular flexibility index (Phi) is 2.23. The van der Waals surface area contributed by atoms with Gasteiger partial charge in [0.25, 0.3) is 5.56 Å². The first-order valence-electron chi connectivity index (χ1n) is 5.57. The second-order valence-electron chi connectivity index (χ2n) is 4.32. The molecule has 0 radical (unpaired) electrons. The van der Waals surface area contributed by atoms with Gasteiger partial charge in [-0.25, -0.2) is 4.98 Å². The molecule has 0 atom stereocenters. The Hall–Kier alpha value is -1.85. The maximum atomic E-state index is 12.6. The van der Waals surface area contributed by atoms with Crippen LogP contribution in [0, 0.1) is 0 Å². The van der Waals surface area contributed by atoms with Gasteiger partial charge in [-0.3, -0.25) is 9.36 Å². The second kappa shape index (κ2) is 3.57. The van der Waals surface area contributed by atoms with E-state index in [9.17, 15) is 18.0 Å². The topological polar surface area (TPSA) is 34.9 Å². The monoisotopic (exact) mass is 254 g/mol. The maximum Gasteiger partial charge on any atom is 0.416 e. The third kappa shape index (κ3) is 1.60. The zero-order valence-electron chi connectivity index (χ0n) is 9.29. The fourth-order valence-electron chi connectivity index (χ4n) is 2.26. The quantitative estimate of drug-likeness (QED) is 0.723. The minimum absolute atomic E-state index is 0.128. The molecule has 1 aliphatic heterocycles. The Morgan fingerprint density at radius 1 is 1.28 bits per heavy atom. The van der Waals surface area contributed by atoms with Gasteiger partial charge in [0.2, 0.25) is 0 Å². The Morgan fingerprint density at radius 2 is 2.06 bits per heavy atom.